The minimum Gasteiger partial charge on any atom is -0.313 e. The van der Waals surface area contributed by atoms with E-state index in [4.69, 9.17) is 0 Å². The monoisotopic (exact) mass is 230 g/mol. The summed E-state index contributed by atoms with van der Waals surface area (Å²) >= 11 is 1.96. The van der Waals surface area contributed by atoms with Gasteiger partial charge in [0, 0.05) is 30.9 Å². The molecule has 1 fully saturated rings. The Hall–Kier alpha value is 0.270. The lowest BCUT2D eigenvalue weighted by molar-refractivity contribution is 0.214. The van der Waals surface area contributed by atoms with E-state index in [1.54, 1.807) is 0 Å². The predicted octanol–water partition coefficient (Wildman–Crippen LogP) is 2.20. The molecule has 3 heteroatoms. The topological polar surface area (TPSA) is 15.3 Å². The van der Waals surface area contributed by atoms with E-state index in [9.17, 15) is 0 Å². The van der Waals surface area contributed by atoms with Crippen molar-refractivity contribution in [3.8, 4) is 0 Å². The van der Waals surface area contributed by atoms with E-state index in [1.165, 1.54) is 44.6 Å². The molecule has 2 unspecified atom stereocenters. The van der Waals surface area contributed by atoms with E-state index < -0.39 is 0 Å². The lowest BCUT2D eigenvalue weighted by Gasteiger charge is -2.28. The highest BCUT2D eigenvalue weighted by atomic mass is 32.2. The summed E-state index contributed by atoms with van der Waals surface area (Å²) in [5, 5.41) is 3.67. The Balaban J connectivity index is 2.41. The number of thioether (sulfide) groups is 1. The average molecular weight is 230 g/mol. The zero-order chi connectivity index (χ0) is 11.1. The van der Waals surface area contributed by atoms with Crippen LogP contribution >= 0.6 is 11.8 Å². The van der Waals surface area contributed by atoms with Gasteiger partial charge < -0.3 is 5.32 Å². The van der Waals surface area contributed by atoms with Crippen molar-refractivity contribution in [2.75, 3.05) is 31.6 Å². The zero-order valence-electron chi connectivity index (χ0n) is 10.5. The molecule has 1 rings (SSSR count). The molecule has 90 valence electrons. The first-order chi connectivity index (χ1) is 7.27. The Morgan fingerprint density at radius 3 is 2.93 bits per heavy atom. The van der Waals surface area contributed by atoms with E-state index in [0.29, 0.717) is 0 Å². The van der Waals surface area contributed by atoms with Crippen LogP contribution < -0.4 is 5.32 Å². The Labute approximate surface area is 99.2 Å². The van der Waals surface area contributed by atoms with Crippen molar-refractivity contribution in [3.05, 3.63) is 0 Å². The maximum absolute atomic E-state index is 3.67. The first-order valence-corrected chi connectivity index (χ1v) is 7.63. The molecule has 0 radical (unpaired) electrons. The fourth-order valence-corrected chi connectivity index (χ4v) is 2.69. The molecule has 1 N–H and O–H groups in total. The van der Waals surface area contributed by atoms with Crippen LogP contribution in [-0.4, -0.2) is 48.6 Å². The van der Waals surface area contributed by atoms with Crippen LogP contribution in [-0.2, 0) is 0 Å². The van der Waals surface area contributed by atoms with Crippen molar-refractivity contribution in [3.63, 3.8) is 0 Å². The summed E-state index contributed by atoms with van der Waals surface area (Å²) in [5.41, 5.74) is 0. The van der Waals surface area contributed by atoms with Crippen LogP contribution in [0.5, 0.6) is 0 Å². The van der Waals surface area contributed by atoms with Crippen molar-refractivity contribution in [1.29, 1.82) is 0 Å². The molecular weight excluding hydrogens is 204 g/mol. The highest BCUT2D eigenvalue weighted by Crippen LogP contribution is 2.12. The van der Waals surface area contributed by atoms with Crippen LogP contribution in [0.25, 0.3) is 0 Å². The van der Waals surface area contributed by atoms with Gasteiger partial charge in [0.05, 0.1) is 0 Å². The van der Waals surface area contributed by atoms with Crippen molar-refractivity contribution >= 4 is 11.8 Å². The fourth-order valence-electron chi connectivity index (χ4n) is 2.27. The van der Waals surface area contributed by atoms with E-state index in [1.807, 2.05) is 11.8 Å². The zero-order valence-corrected chi connectivity index (χ0v) is 11.3. The lowest BCUT2D eigenvalue weighted by Crippen LogP contribution is -2.41. The molecule has 1 aliphatic heterocycles. The molecule has 1 saturated heterocycles. The summed E-state index contributed by atoms with van der Waals surface area (Å²) in [6.45, 7) is 8.35. The van der Waals surface area contributed by atoms with Crippen LogP contribution in [0.3, 0.4) is 0 Å². The summed E-state index contributed by atoms with van der Waals surface area (Å²) in [6, 6.07) is 1.48. The van der Waals surface area contributed by atoms with Gasteiger partial charge in [-0.3, -0.25) is 4.90 Å². The molecular formula is C12H26N2S. The van der Waals surface area contributed by atoms with Crippen molar-refractivity contribution in [2.45, 2.75) is 45.2 Å². The average Bonchev–Trinajstić information content (AvgIpc) is 2.39. The normalized spacial score (nSPS) is 29.0. The molecule has 0 bridgehead atoms. The standard InChI is InChI=1S/C12H26N2S/c1-4-5-12-10-14(8-9-15-3)11(2)6-7-13-12/h11-13H,4-10H2,1-3H3. The summed E-state index contributed by atoms with van der Waals surface area (Å²) in [7, 11) is 0. The summed E-state index contributed by atoms with van der Waals surface area (Å²) in [5.74, 6) is 1.27. The Morgan fingerprint density at radius 2 is 2.27 bits per heavy atom. The van der Waals surface area contributed by atoms with E-state index in [-0.39, 0.29) is 0 Å². The Morgan fingerprint density at radius 1 is 1.47 bits per heavy atom. The first kappa shape index (κ1) is 13.3. The van der Waals surface area contributed by atoms with Crippen LogP contribution in [0.4, 0.5) is 0 Å². The molecule has 2 nitrogen and oxygen atoms in total. The van der Waals surface area contributed by atoms with Gasteiger partial charge in [-0.25, -0.2) is 0 Å². The molecule has 2 atom stereocenters. The highest BCUT2D eigenvalue weighted by molar-refractivity contribution is 7.98. The van der Waals surface area contributed by atoms with Gasteiger partial charge >= 0.3 is 0 Å². The Bertz CT molecular complexity index is 164. The second-order valence-corrected chi connectivity index (χ2v) is 5.55. The van der Waals surface area contributed by atoms with E-state index >= 15 is 0 Å². The van der Waals surface area contributed by atoms with Crippen LogP contribution in [0.2, 0.25) is 0 Å². The number of nitrogens with zero attached hydrogens (tertiary/aromatic N) is 1. The van der Waals surface area contributed by atoms with Crippen molar-refractivity contribution < 1.29 is 0 Å². The van der Waals surface area contributed by atoms with Crippen LogP contribution in [0.1, 0.15) is 33.1 Å². The number of rotatable bonds is 5. The van der Waals surface area contributed by atoms with Crippen LogP contribution in [0.15, 0.2) is 0 Å². The van der Waals surface area contributed by atoms with Gasteiger partial charge in [0.2, 0.25) is 0 Å². The molecule has 1 aliphatic rings. The molecule has 0 aromatic heterocycles. The molecule has 0 saturated carbocycles. The maximum atomic E-state index is 3.67. The van der Waals surface area contributed by atoms with Gasteiger partial charge in [-0.2, -0.15) is 11.8 Å². The molecule has 15 heavy (non-hydrogen) atoms. The summed E-state index contributed by atoms with van der Waals surface area (Å²) in [4.78, 5) is 2.66. The van der Waals surface area contributed by atoms with Gasteiger partial charge in [0.25, 0.3) is 0 Å². The molecule has 0 spiro atoms. The third-order valence-electron chi connectivity index (χ3n) is 3.29. The molecule has 0 amide bonds. The molecule has 0 aromatic carbocycles. The van der Waals surface area contributed by atoms with Gasteiger partial charge in [0.15, 0.2) is 0 Å². The lowest BCUT2D eigenvalue weighted by atomic mass is 10.1. The third-order valence-corrected chi connectivity index (χ3v) is 3.88. The second-order valence-electron chi connectivity index (χ2n) is 4.57. The molecule has 0 aromatic rings. The van der Waals surface area contributed by atoms with Gasteiger partial charge in [0.1, 0.15) is 0 Å². The third kappa shape index (κ3) is 4.75. The first-order valence-electron chi connectivity index (χ1n) is 6.24. The summed E-state index contributed by atoms with van der Waals surface area (Å²) < 4.78 is 0. The SMILES string of the molecule is CCCC1CN(CCSC)C(C)CCN1. The minimum atomic E-state index is 0.724. The number of hydrogen-bond donors (Lipinski definition) is 1. The molecule has 1 heterocycles. The van der Waals surface area contributed by atoms with Gasteiger partial charge in [-0.05, 0) is 32.6 Å². The van der Waals surface area contributed by atoms with Crippen molar-refractivity contribution in [2.24, 2.45) is 0 Å². The predicted molar refractivity (Wildman–Crippen MR) is 70.7 cm³/mol. The largest absolute Gasteiger partial charge is 0.313 e. The van der Waals surface area contributed by atoms with Gasteiger partial charge in [-0.1, -0.05) is 13.3 Å². The smallest absolute Gasteiger partial charge is 0.0195 e. The van der Waals surface area contributed by atoms with Gasteiger partial charge in [-0.15, -0.1) is 0 Å². The number of nitrogens with one attached hydrogen (secondary N) is 1. The quantitative estimate of drug-likeness (QED) is 0.779. The van der Waals surface area contributed by atoms with E-state index in [2.05, 4.69) is 30.3 Å². The van der Waals surface area contributed by atoms with Crippen LogP contribution in [0, 0.1) is 0 Å². The van der Waals surface area contributed by atoms with E-state index in [0.717, 1.165) is 12.1 Å². The summed E-state index contributed by atoms with van der Waals surface area (Å²) in [6.07, 6.45) is 6.11. The second kappa shape index (κ2) is 7.53. The maximum Gasteiger partial charge on any atom is 0.0195 e. The molecule has 0 aliphatic carbocycles. The highest BCUT2D eigenvalue weighted by Gasteiger charge is 2.21. The van der Waals surface area contributed by atoms with Crippen molar-refractivity contribution in [1.82, 2.24) is 10.2 Å². The fraction of sp³-hybridized carbons (Fsp3) is 1.00. The number of hydrogen-bond acceptors (Lipinski definition) is 3. The Kier molecular flexibility index (Phi) is 6.69. The minimum absolute atomic E-state index is 0.724.